The molecular weight excluding hydrogens is 202 g/mol. The van der Waals surface area contributed by atoms with Crippen molar-refractivity contribution in [2.45, 2.75) is 12.8 Å². The van der Waals surface area contributed by atoms with Crippen LogP contribution in [-0.4, -0.2) is 11.0 Å². The molecule has 0 atom stereocenters. The predicted octanol–water partition coefficient (Wildman–Crippen LogP) is 1.96. The number of carbonyl (C=O) groups excluding carboxylic acids is 1. The summed E-state index contributed by atoms with van der Waals surface area (Å²) in [7, 11) is 0. The minimum Gasteiger partial charge on any atom is -0.507 e. The largest absolute Gasteiger partial charge is 0.507 e. The summed E-state index contributed by atoms with van der Waals surface area (Å²) < 4.78 is 0. The lowest BCUT2D eigenvalue weighted by Gasteiger charge is -2.06. The molecule has 1 amide bonds. The summed E-state index contributed by atoms with van der Waals surface area (Å²) in [5.41, 5.74) is 5.84. The Balaban J connectivity index is 2.40. The minimum absolute atomic E-state index is 0.249. The van der Waals surface area contributed by atoms with E-state index in [0.717, 1.165) is 16.3 Å². The second kappa shape index (κ2) is 4.23. The number of hydrogen-bond acceptors (Lipinski definition) is 2. The zero-order chi connectivity index (χ0) is 11.5. The molecule has 0 bridgehead atoms. The molecule has 0 fully saturated rings. The van der Waals surface area contributed by atoms with Crippen LogP contribution in [0.15, 0.2) is 36.4 Å². The monoisotopic (exact) mass is 215 g/mol. The van der Waals surface area contributed by atoms with Crippen molar-refractivity contribution >= 4 is 16.7 Å². The molecule has 0 spiro atoms. The number of nitrogens with two attached hydrogens (primary N) is 1. The van der Waals surface area contributed by atoms with Crippen LogP contribution in [0.2, 0.25) is 0 Å². The van der Waals surface area contributed by atoms with Crippen LogP contribution in [0, 0.1) is 0 Å². The van der Waals surface area contributed by atoms with E-state index in [2.05, 4.69) is 0 Å². The maximum atomic E-state index is 10.7. The first kappa shape index (κ1) is 10.5. The number of hydrogen-bond donors (Lipinski definition) is 2. The number of phenolic OH excluding ortho intramolecular Hbond substituents is 1. The number of phenols is 1. The first-order chi connectivity index (χ1) is 7.68. The van der Waals surface area contributed by atoms with E-state index in [0.29, 0.717) is 6.42 Å². The minimum atomic E-state index is -0.354. The van der Waals surface area contributed by atoms with E-state index in [1.54, 1.807) is 0 Å². The van der Waals surface area contributed by atoms with Gasteiger partial charge in [0.1, 0.15) is 5.75 Å². The van der Waals surface area contributed by atoms with E-state index < -0.39 is 0 Å². The van der Waals surface area contributed by atoms with Crippen molar-refractivity contribution in [2.24, 2.45) is 5.73 Å². The normalized spacial score (nSPS) is 10.5. The summed E-state index contributed by atoms with van der Waals surface area (Å²) in [6, 6.07) is 11.4. The molecule has 0 unspecified atom stereocenters. The molecule has 0 heterocycles. The highest BCUT2D eigenvalue weighted by Gasteiger charge is 2.06. The van der Waals surface area contributed by atoms with Crippen LogP contribution < -0.4 is 5.73 Å². The molecule has 3 N–H and O–H groups in total. The van der Waals surface area contributed by atoms with Crippen LogP contribution in [0.4, 0.5) is 0 Å². The summed E-state index contributed by atoms with van der Waals surface area (Å²) in [4.78, 5) is 10.7. The van der Waals surface area contributed by atoms with Gasteiger partial charge in [-0.1, -0.05) is 36.4 Å². The average Bonchev–Trinajstić information content (AvgIpc) is 2.28. The molecule has 0 saturated heterocycles. The Hall–Kier alpha value is -2.03. The third-order valence-corrected chi connectivity index (χ3v) is 2.62. The van der Waals surface area contributed by atoms with Gasteiger partial charge in [-0.25, -0.2) is 0 Å². The number of aromatic hydroxyl groups is 1. The molecule has 0 aromatic heterocycles. The highest BCUT2D eigenvalue weighted by atomic mass is 16.3. The van der Waals surface area contributed by atoms with Crippen molar-refractivity contribution in [2.75, 3.05) is 0 Å². The number of fused-ring (bicyclic) bond motifs is 1. The van der Waals surface area contributed by atoms with Gasteiger partial charge in [-0.2, -0.15) is 0 Å². The molecular formula is C13H13NO2. The molecule has 0 aliphatic carbocycles. The molecule has 16 heavy (non-hydrogen) atoms. The summed E-state index contributed by atoms with van der Waals surface area (Å²) in [5, 5.41) is 11.8. The second-order valence-corrected chi connectivity index (χ2v) is 3.76. The van der Waals surface area contributed by atoms with Crippen molar-refractivity contribution in [3.63, 3.8) is 0 Å². The highest BCUT2D eigenvalue weighted by molar-refractivity contribution is 5.89. The van der Waals surface area contributed by atoms with Gasteiger partial charge in [-0.15, -0.1) is 0 Å². The Morgan fingerprint density at radius 3 is 2.69 bits per heavy atom. The predicted molar refractivity (Wildman–Crippen MR) is 63.1 cm³/mol. The van der Waals surface area contributed by atoms with E-state index >= 15 is 0 Å². The fourth-order valence-electron chi connectivity index (χ4n) is 1.76. The van der Waals surface area contributed by atoms with Crippen LogP contribution >= 0.6 is 0 Å². The molecule has 0 aliphatic heterocycles. The lowest BCUT2D eigenvalue weighted by molar-refractivity contribution is -0.117. The standard InChI is InChI=1S/C13H13NO2/c14-12(15)8-7-10-6-5-9-3-1-2-4-11(9)13(10)16/h1-6,16H,7-8H2,(H2,14,15). The fourth-order valence-corrected chi connectivity index (χ4v) is 1.76. The van der Waals surface area contributed by atoms with Crippen molar-refractivity contribution < 1.29 is 9.90 Å². The van der Waals surface area contributed by atoms with Gasteiger partial charge in [-0.3, -0.25) is 4.79 Å². The first-order valence-electron chi connectivity index (χ1n) is 5.16. The first-order valence-corrected chi connectivity index (χ1v) is 5.16. The maximum Gasteiger partial charge on any atom is 0.217 e. The maximum absolute atomic E-state index is 10.7. The van der Waals surface area contributed by atoms with Gasteiger partial charge in [0, 0.05) is 11.8 Å². The number of primary amides is 1. The van der Waals surface area contributed by atoms with Crippen molar-refractivity contribution in [3.05, 3.63) is 42.0 Å². The van der Waals surface area contributed by atoms with Crippen molar-refractivity contribution in [1.82, 2.24) is 0 Å². The van der Waals surface area contributed by atoms with Crippen LogP contribution in [0.3, 0.4) is 0 Å². The zero-order valence-electron chi connectivity index (χ0n) is 8.81. The molecule has 0 saturated carbocycles. The summed E-state index contributed by atoms with van der Waals surface area (Å²) in [5.74, 6) is -0.105. The summed E-state index contributed by atoms with van der Waals surface area (Å²) in [6.45, 7) is 0. The van der Waals surface area contributed by atoms with Gasteiger partial charge in [0.05, 0.1) is 0 Å². The van der Waals surface area contributed by atoms with Crippen LogP contribution in [0.1, 0.15) is 12.0 Å². The third-order valence-electron chi connectivity index (χ3n) is 2.62. The topological polar surface area (TPSA) is 63.3 Å². The molecule has 3 heteroatoms. The van der Waals surface area contributed by atoms with Crippen LogP contribution in [-0.2, 0) is 11.2 Å². The number of rotatable bonds is 3. The molecule has 0 aliphatic rings. The van der Waals surface area contributed by atoms with Gasteiger partial charge in [0.2, 0.25) is 5.91 Å². The van der Waals surface area contributed by atoms with Gasteiger partial charge in [-0.05, 0) is 17.4 Å². The Morgan fingerprint density at radius 1 is 1.19 bits per heavy atom. The summed E-state index contributed by atoms with van der Waals surface area (Å²) in [6.07, 6.45) is 0.734. The van der Waals surface area contributed by atoms with E-state index in [1.807, 2.05) is 36.4 Å². The van der Waals surface area contributed by atoms with E-state index in [9.17, 15) is 9.90 Å². The SMILES string of the molecule is NC(=O)CCc1ccc2ccccc2c1O. The molecule has 2 rings (SSSR count). The molecule has 3 nitrogen and oxygen atoms in total. The number of amides is 1. The number of aryl methyl sites for hydroxylation is 1. The van der Waals surface area contributed by atoms with E-state index in [1.165, 1.54) is 0 Å². The van der Waals surface area contributed by atoms with E-state index in [-0.39, 0.29) is 18.1 Å². The van der Waals surface area contributed by atoms with Gasteiger partial charge in [0.15, 0.2) is 0 Å². The van der Waals surface area contributed by atoms with Crippen molar-refractivity contribution in [1.29, 1.82) is 0 Å². The average molecular weight is 215 g/mol. The molecule has 0 radical (unpaired) electrons. The van der Waals surface area contributed by atoms with Crippen LogP contribution in [0.5, 0.6) is 5.75 Å². The smallest absolute Gasteiger partial charge is 0.217 e. The number of carbonyl (C=O) groups is 1. The Morgan fingerprint density at radius 2 is 1.94 bits per heavy atom. The molecule has 2 aromatic rings. The molecule has 2 aromatic carbocycles. The summed E-state index contributed by atoms with van der Waals surface area (Å²) >= 11 is 0. The lowest BCUT2D eigenvalue weighted by Crippen LogP contribution is -2.11. The van der Waals surface area contributed by atoms with E-state index in [4.69, 9.17) is 5.73 Å². The second-order valence-electron chi connectivity index (χ2n) is 3.76. The van der Waals surface area contributed by atoms with Crippen molar-refractivity contribution in [3.8, 4) is 5.75 Å². The Kier molecular flexibility index (Phi) is 2.77. The van der Waals surface area contributed by atoms with Gasteiger partial charge < -0.3 is 10.8 Å². The fraction of sp³-hybridized carbons (Fsp3) is 0.154. The number of benzene rings is 2. The Bertz CT molecular complexity index is 534. The zero-order valence-corrected chi connectivity index (χ0v) is 8.81. The quantitative estimate of drug-likeness (QED) is 0.822. The van der Waals surface area contributed by atoms with Gasteiger partial charge >= 0.3 is 0 Å². The van der Waals surface area contributed by atoms with Crippen LogP contribution in [0.25, 0.3) is 10.8 Å². The Labute approximate surface area is 93.5 Å². The third kappa shape index (κ3) is 1.98. The lowest BCUT2D eigenvalue weighted by atomic mass is 10.0. The van der Waals surface area contributed by atoms with Gasteiger partial charge in [0.25, 0.3) is 0 Å². The molecule has 82 valence electrons. The highest BCUT2D eigenvalue weighted by Crippen LogP contribution is 2.29.